The van der Waals surface area contributed by atoms with E-state index in [1.165, 1.54) is 4.90 Å². The third-order valence-electron chi connectivity index (χ3n) is 3.92. The molecule has 0 bridgehead atoms. The second kappa shape index (κ2) is 4.64. The van der Waals surface area contributed by atoms with Gasteiger partial charge in [0, 0.05) is 6.20 Å². The number of rotatable bonds is 2. The van der Waals surface area contributed by atoms with Crippen LogP contribution in [-0.2, 0) is 6.54 Å². The van der Waals surface area contributed by atoms with Crippen LogP contribution in [-0.4, -0.2) is 31.3 Å². The molecule has 1 aliphatic rings. The van der Waals surface area contributed by atoms with E-state index in [1.54, 1.807) is 34.7 Å². The van der Waals surface area contributed by atoms with E-state index in [-0.39, 0.29) is 18.4 Å². The molecule has 2 amide bonds. The van der Waals surface area contributed by atoms with Gasteiger partial charge in [-0.05, 0) is 30.7 Å². The first kappa shape index (κ1) is 13.4. The fourth-order valence-corrected chi connectivity index (χ4v) is 2.84. The molecule has 4 rings (SSSR count). The Balaban J connectivity index is 1.75. The Morgan fingerprint density at radius 2 is 1.74 bits per heavy atom. The molecule has 7 heteroatoms. The molecule has 0 unspecified atom stereocenters. The van der Waals surface area contributed by atoms with Gasteiger partial charge in [0.05, 0.1) is 23.4 Å². The van der Waals surface area contributed by atoms with Crippen LogP contribution in [0.3, 0.4) is 0 Å². The highest BCUT2D eigenvalue weighted by atomic mass is 16.2. The fourth-order valence-electron chi connectivity index (χ4n) is 2.84. The summed E-state index contributed by atoms with van der Waals surface area (Å²) in [5.41, 5.74) is 8.73. The van der Waals surface area contributed by atoms with Crippen molar-refractivity contribution in [1.82, 2.24) is 19.5 Å². The lowest BCUT2D eigenvalue weighted by Crippen LogP contribution is -2.30. The molecule has 2 aromatic heterocycles. The number of nitrogens with two attached hydrogens (primary N) is 1. The fraction of sp³-hybridized carbons (Fsp3) is 0.125. The maximum absolute atomic E-state index is 12.4. The first-order valence-electron chi connectivity index (χ1n) is 7.11. The van der Waals surface area contributed by atoms with E-state index in [2.05, 4.69) is 10.2 Å². The molecule has 0 saturated heterocycles. The Labute approximate surface area is 131 Å². The first-order chi connectivity index (χ1) is 11.1. The molecule has 0 spiro atoms. The number of imide groups is 1. The lowest BCUT2D eigenvalue weighted by atomic mass is 10.1. The van der Waals surface area contributed by atoms with Crippen LogP contribution in [0, 0.1) is 6.92 Å². The summed E-state index contributed by atoms with van der Waals surface area (Å²) < 4.78 is 1.72. The third-order valence-corrected chi connectivity index (χ3v) is 3.92. The summed E-state index contributed by atoms with van der Waals surface area (Å²) in [5, 5.41) is 8.12. The summed E-state index contributed by atoms with van der Waals surface area (Å²) in [4.78, 5) is 26.0. The van der Waals surface area contributed by atoms with E-state index in [0.29, 0.717) is 28.3 Å². The normalized spacial score (nSPS) is 13.9. The van der Waals surface area contributed by atoms with E-state index in [4.69, 9.17) is 5.73 Å². The monoisotopic (exact) mass is 307 g/mol. The van der Waals surface area contributed by atoms with Gasteiger partial charge in [0.1, 0.15) is 0 Å². The maximum Gasteiger partial charge on any atom is 0.261 e. The lowest BCUT2D eigenvalue weighted by molar-refractivity contribution is 0.0638. The van der Waals surface area contributed by atoms with Crippen molar-refractivity contribution in [2.45, 2.75) is 13.5 Å². The van der Waals surface area contributed by atoms with Crippen molar-refractivity contribution in [3.05, 3.63) is 59.0 Å². The first-order valence-corrected chi connectivity index (χ1v) is 7.11. The summed E-state index contributed by atoms with van der Waals surface area (Å²) in [6.45, 7) is 1.96. The van der Waals surface area contributed by atoms with E-state index in [0.717, 1.165) is 5.56 Å². The van der Waals surface area contributed by atoms with Gasteiger partial charge in [-0.1, -0.05) is 12.1 Å². The zero-order valence-electron chi connectivity index (χ0n) is 12.4. The van der Waals surface area contributed by atoms with E-state index < -0.39 is 0 Å². The third kappa shape index (κ3) is 1.90. The van der Waals surface area contributed by atoms with Crippen molar-refractivity contribution >= 4 is 23.1 Å². The van der Waals surface area contributed by atoms with Crippen LogP contribution < -0.4 is 5.73 Å². The number of nitrogens with zero attached hydrogens (tertiary/aromatic N) is 4. The number of anilines is 1. The van der Waals surface area contributed by atoms with Crippen LogP contribution in [0.4, 0.5) is 5.69 Å². The number of hydrogen-bond donors (Lipinski definition) is 1. The zero-order valence-corrected chi connectivity index (χ0v) is 12.4. The van der Waals surface area contributed by atoms with E-state index in [9.17, 15) is 9.59 Å². The molecule has 3 aromatic rings. The van der Waals surface area contributed by atoms with Gasteiger partial charge in [-0.15, -0.1) is 10.2 Å². The zero-order chi connectivity index (χ0) is 16.1. The largest absolute Gasteiger partial charge is 0.396 e. The van der Waals surface area contributed by atoms with Gasteiger partial charge in [0.15, 0.2) is 11.5 Å². The van der Waals surface area contributed by atoms with Gasteiger partial charge >= 0.3 is 0 Å². The van der Waals surface area contributed by atoms with Crippen LogP contribution in [0.5, 0.6) is 0 Å². The van der Waals surface area contributed by atoms with Gasteiger partial charge < -0.3 is 5.73 Å². The molecule has 3 heterocycles. The van der Waals surface area contributed by atoms with Crippen LogP contribution in [0.25, 0.3) is 5.65 Å². The minimum atomic E-state index is -0.317. The smallest absolute Gasteiger partial charge is 0.261 e. The van der Waals surface area contributed by atoms with Crippen molar-refractivity contribution in [2.24, 2.45) is 0 Å². The topological polar surface area (TPSA) is 93.6 Å². The Hall–Kier alpha value is -3.22. The van der Waals surface area contributed by atoms with Crippen LogP contribution >= 0.6 is 0 Å². The molecule has 2 N–H and O–H groups in total. The molecule has 0 saturated carbocycles. The second-order valence-electron chi connectivity index (χ2n) is 5.52. The molecule has 7 nitrogen and oxygen atoms in total. The van der Waals surface area contributed by atoms with Crippen molar-refractivity contribution in [2.75, 3.05) is 5.73 Å². The molecule has 1 aromatic carbocycles. The SMILES string of the molecule is Cc1cc(N)c2nnc(CN3C(=O)c4ccccc4C3=O)n2c1. The van der Waals surface area contributed by atoms with Crippen LogP contribution in [0.15, 0.2) is 36.5 Å². The van der Waals surface area contributed by atoms with E-state index in [1.807, 2.05) is 13.1 Å². The Morgan fingerprint density at radius 1 is 1.09 bits per heavy atom. The van der Waals surface area contributed by atoms with Gasteiger partial charge in [-0.25, -0.2) is 0 Å². The number of amides is 2. The number of pyridine rings is 1. The van der Waals surface area contributed by atoms with Crippen LogP contribution in [0.2, 0.25) is 0 Å². The molecular formula is C16H13N5O2. The van der Waals surface area contributed by atoms with Crippen molar-refractivity contribution in [3.63, 3.8) is 0 Å². The Kier molecular flexibility index (Phi) is 2.71. The Bertz CT molecular complexity index is 941. The highest BCUT2D eigenvalue weighted by Crippen LogP contribution is 2.24. The number of hydrogen-bond acceptors (Lipinski definition) is 5. The molecule has 0 atom stereocenters. The number of fused-ring (bicyclic) bond motifs is 2. The number of aromatic nitrogens is 3. The number of benzene rings is 1. The van der Waals surface area contributed by atoms with E-state index >= 15 is 0 Å². The molecule has 23 heavy (non-hydrogen) atoms. The minimum absolute atomic E-state index is 0.0520. The van der Waals surface area contributed by atoms with Crippen molar-refractivity contribution in [1.29, 1.82) is 0 Å². The summed E-state index contributed by atoms with van der Waals surface area (Å²) >= 11 is 0. The van der Waals surface area contributed by atoms with Crippen molar-refractivity contribution in [3.8, 4) is 0 Å². The highest BCUT2D eigenvalue weighted by molar-refractivity contribution is 6.21. The molecular weight excluding hydrogens is 294 g/mol. The van der Waals surface area contributed by atoms with Crippen LogP contribution in [0.1, 0.15) is 32.1 Å². The summed E-state index contributed by atoms with van der Waals surface area (Å²) in [6.07, 6.45) is 1.83. The molecule has 114 valence electrons. The number of nitrogen functional groups attached to an aromatic ring is 1. The standard InChI is InChI=1S/C16H13N5O2/c1-9-6-12(17)14-19-18-13(20(14)7-9)8-21-15(22)10-4-2-3-5-11(10)16(21)23/h2-7H,8,17H2,1H3. The molecule has 0 fully saturated rings. The van der Waals surface area contributed by atoms with Gasteiger partial charge in [0.2, 0.25) is 0 Å². The average molecular weight is 307 g/mol. The number of carbonyl (C=O) groups excluding carboxylic acids is 2. The lowest BCUT2D eigenvalue weighted by Gasteiger charge is -2.12. The number of aryl methyl sites for hydroxylation is 1. The summed E-state index contributed by atoms with van der Waals surface area (Å²) in [5.74, 6) is -0.143. The molecule has 1 aliphatic heterocycles. The molecule has 0 radical (unpaired) electrons. The Morgan fingerprint density at radius 3 is 2.39 bits per heavy atom. The van der Waals surface area contributed by atoms with Gasteiger partial charge in [0.25, 0.3) is 11.8 Å². The second-order valence-corrected chi connectivity index (χ2v) is 5.52. The quantitative estimate of drug-likeness (QED) is 0.723. The maximum atomic E-state index is 12.4. The highest BCUT2D eigenvalue weighted by Gasteiger charge is 2.35. The summed E-state index contributed by atoms with van der Waals surface area (Å²) in [7, 11) is 0. The predicted octanol–water partition coefficient (Wildman–Crippen LogP) is 1.42. The molecule has 0 aliphatic carbocycles. The average Bonchev–Trinajstić information content (AvgIpc) is 3.03. The number of carbonyl (C=O) groups is 2. The van der Waals surface area contributed by atoms with Gasteiger partial charge in [-0.3, -0.25) is 18.9 Å². The van der Waals surface area contributed by atoms with Gasteiger partial charge in [-0.2, -0.15) is 0 Å². The predicted molar refractivity (Wildman–Crippen MR) is 82.8 cm³/mol. The minimum Gasteiger partial charge on any atom is -0.396 e. The summed E-state index contributed by atoms with van der Waals surface area (Å²) in [6, 6.07) is 8.59. The van der Waals surface area contributed by atoms with Crippen molar-refractivity contribution < 1.29 is 9.59 Å².